The number of hydrogen-bond acceptors (Lipinski definition) is 4. The molecule has 1 rings (SSSR count). The molecule has 3 N–H and O–H groups in total. The van der Waals surface area contributed by atoms with Gasteiger partial charge in [-0.1, -0.05) is 37.4 Å². The van der Waals surface area contributed by atoms with Crippen molar-refractivity contribution in [1.82, 2.24) is 5.32 Å². The summed E-state index contributed by atoms with van der Waals surface area (Å²) in [7, 11) is 0. The van der Waals surface area contributed by atoms with E-state index in [1.807, 2.05) is 6.92 Å². The van der Waals surface area contributed by atoms with Crippen molar-refractivity contribution in [3.05, 3.63) is 38.9 Å². The molecule has 0 saturated carbocycles. The van der Waals surface area contributed by atoms with Crippen LogP contribution < -0.4 is 11.1 Å². The fourth-order valence-electron chi connectivity index (χ4n) is 1.85. The van der Waals surface area contributed by atoms with E-state index in [4.69, 9.17) is 17.3 Å². The lowest BCUT2D eigenvalue weighted by Crippen LogP contribution is -2.40. The molecule has 0 radical (unpaired) electrons. The van der Waals surface area contributed by atoms with E-state index in [2.05, 4.69) is 5.32 Å². The third-order valence-electron chi connectivity index (χ3n) is 2.94. The van der Waals surface area contributed by atoms with E-state index in [-0.39, 0.29) is 34.7 Å². The number of halogens is 2. The molecule has 1 aromatic rings. The Bertz CT molecular complexity index is 498. The number of nitrogens with one attached hydrogen (secondary N) is 1. The smallest absolute Gasteiger partial charge is 0.300 e. The second-order valence-corrected chi connectivity index (χ2v) is 4.85. The largest absolute Gasteiger partial charge is 0.348 e. The Morgan fingerprint density at radius 2 is 2.19 bits per heavy atom. The Kier molecular flexibility index (Phi) is 8.92. The fourth-order valence-corrected chi connectivity index (χ4v) is 2.09. The van der Waals surface area contributed by atoms with Crippen molar-refractivity contribution in [3.8, 4) is 0 Å². The Morgan fingerprint density at radius 1 is 1.52 bits per heavy atom. The van der Waals surface area contributed by atoms with Gasteiger partial charge < -0.3 is 11.1 Å². The standard InChI is InChI=1S/C13H18ClN3O3.ClH/c1-2-3-5-9(8-15)16-13(18)10-6-4-7-11(14)12(10)17(19)20;/h4,6-7,9H,2-3,5,8,15H2,1H3,(H,16,18);1H. The van der Waals surface area contributed by atoms with Crippen LogP contribution in [0.15, 0.2) is 18.2 Å². The van der Waals surface area contributed by atoms with Crippen LogP contribution in [0.1, 0.15) is 36.5 Å². The van der Waals surface area contributed by atoms with E-state index in [0.717, 1.165) is 19.3 Å². The number of carbonyl (C=O) groups excluding carboxylic acids is 1. The summed E-state index contributed by atoms with van der Waals surface area (Å²) in [6, 6.07) is 4.08. The summed E-state index contributed by atoms with van der Waals surface area (Å²) in [4.78, 5) is 22.5. The second-order valence-electron chi connectivity index (χ2n) is 4.44. The summed E-state index contributed by atoms with van der Waals surface area (Å²) in [5, 5.41) is 13.6. The van der Waals surface area contributed by atoms with Gasteiger partial charge in [0.2, 0.25) is 0 Å². The Hall–Kier alpha value is -1.37. The Balaban J connectivity index is 0.00000400. The number of carbonyl (C=O) groups is 1. The van der Waals surface area contributed by atoms with E-state index in [9.17, 15) is 14.9 Å². The molecule has 1 atom stereocenters. The second kappa shape index (κ2) is 9.55. The fraction of sp³-hybridized carbons (Fsp3) is 0.462. The number of unbranched alkanes of at least 4 members (excludes halogenated alkanes) is 1. The van der Waals surface area contributed by atoms with Gasteiger partial charge in [-0.05, 0) is 18.6 Å². The summed E-state index contributed by atoms with van der Waals surface area (Å²) in [5.74, 6) is -0.522. The lowest BCUT2D eigenvalue weighted by atomic mass is 10.1. The summed E-state index contributed by atoms with van der Waals surface area (Å²) >= 11 is 5.78. The monoisotopic (exact) mass is 335 g/mol. The average Bonchev–Trinajstić information content (AvgIpc) is 2.42. The maximum Gasteiger partial charge on any atom is 0.300 e. The van der Waals surface area contributed by atoms with Crippen LogP contribution in [0.25, 0.3) is 0 Å². The topological polar surface area (TPSA) is 98.3 Å². The Morgan fingerprint density at radius 3 is 2.71 bits per heavy atom. The van der Waals surface area contributed by atoms with Gasteiger partial charge in [0.25, 0.3) is 5.91 Å². The molecular weight excluding hydrogens is 317 g/mol. The minimum Gasteiger partial charge on any atom is -0.348 e. The van der Waals surface area contributed by atoms with Gasteiger partial charge in [0.05, 0.1) is 4.92 Å². The number of benzene rings is 1. The van der Waals surface area contributed by atoms with Gasteiger partial charge in [-0.3, -0.25) is 14.9 Å². The first kappa shape index (κ1) is 19.6. The van der Waals surface area contributed by atoms with Gasteiger partial charge in [0, 0.05) is 12.6 Å². The first-order chi connectivity index (χ1) is 9.51. The SMILES string of the molecule is CCCCC(CN)NC(=O)c1cccc(Cl)c1[N+](=O)[O-].Cl. The van der Waals surface area contributed by atoms with Gasteiger partial charge in [-0.25, -0.2) is 0 Å². The van der Waals surface area contributed by atoms with Crippen LogP contribution >= 0.6 is 24.0 Å². The molecule has 0 bridgehead atoms. The third-order valence-corrected chi connectivity index (χ3v) is 3.24. The van der Waals surface area contributed by atoms with Crippen LogP contribution in [0.4, 0.5) is 5.69 Å². The molecule has 6 nitrogen and oxygen atoms in total. The molecule has 0 heterocycles. The van der Waals surface area contributed by atoms with Crippen molar-refractivity contribution in [3.63, 3.8) is 0 Å². The predicted octanol–water partition coefficient (Wildman–Crippen LogP) is 2.92. The van der Waals surface area contributed by atoms with Crippen molar-refractivity contribution in [2.75, 3.05) is 6.54 Å². The van der Waals surface area contributed by atoms with E-state index in [1.165, 1.54) is 18.2 Å². The molecular formula is C13H19Cl2N3O3. The van der Waals surface area contributed by atoms with Crippen LogP contribution in [0.5, 0.6) is 0 Å². The van der Waals surface area contributed by atoms with E-state index >= 15 is 0 Å². The minimum absolute atomic E-state index is 0. The average molecular weight is 336 g/mol. The molecule has 21 heavy (non-hydrogen) atoms. The molecule has 0 saturated heterocycles. The van der Waals surface area contributed by atoms with Crippen molar-refractivity contribution in [2.24, 2.45) is 5.73 Å². The van der Waals surface area contributed by atoms with Gasteiger partial charge >= 0.3 is 5.69 Å². The summed E-state index contributed by atoms with van der Waals surface area (Å²) in [5.41, 5.74) is 5.17. The molecule has 0 aliphatic rings. The number of rotatable bonds is 7. The number of nitrogens with zero attached hydrogens (tertiary/aromatic N) is 1. The van der Waals surface area contributed by atoms with E-state index in [0.29, 0.717) is 6.54 Å². The zero-order valence-corrected chi connectivity index (χ0v) is 13.2. The van der Waals surface area contributed by atoms with Gasteiger partial charge in [-0.2, -0.15) is 0 Å². The highest BCUT2D eigenvalue weighted by atomic mass is 35.5. The quantitative estimate of drug-likeness (QED) is 0.591. The molecule has 118 valence electrons. The zero-order valence-electron chi connectivity index (χ0n) is 11.7. The van der Waals surface area contributed by atoms with Gasteiger partial charge in [-0.15, -0.1) is 12.4 Å². The summed E-state index contributed by atoms with van der Waals surface area (Å²) in [6.45, 7) is 2.33. The molecule has 0 spiro atoms. The highest BCUT2D eigenvalue weighted by molar-refractivity contribution is 6.33. The van der Waals surface area contributed by atoms with E-state index < -0.39 is 10.8 Å². The van der Waals surface area contributed by atoms with E-state index in [1.54, 1.807) is 0 Å². The summed E-state index contributed by atoms with van der Waals surface area (Å²) in [6.07, 6.45) is 2.66. The normalized spacial score (nSPS) is 11.4. The lowest BCUT2D eigenvalue weighted by Gasteiger charge is -2.16. The highest BCUT2D eigenvalue weighted by Gasteiger charge is 2.24. The van der Waals surface area contributed by atoms with Crippen molar-refractivity contribution in [2.45, 2.75) is 32.2 Å². The third kappa shape index (κ3) is 5.49. The van der Waals surface area contributed by atoms with Crippen molar-refractivity contribution < 1.29 is 9.72 Å². The van der Waals surface area contributed by atoms with Crippen LogP contribution in [0, 0.1) is 10.1 Å². The molecule has 0 aliphatic heterocycles. The molecule has 1 amide bonds. The van der Waals surface area contributed by atoms with Crippen LogP contribution in [0.3, 0.4) is 0 Å². The first-order valence-corrected chi connectivity index (χ1v) is 6.82. The number of nitro groups is 1. The van der Waals surface area contributed by atoms with Crippen molar-refractivity contribution >= 4 is 35.6 Å². The maximum atomic E-state index is 12.1. The number of nitro benzene ring substituents is 1. The lowest BCUT2D eigenvalue weighted by molar-refractivity contribution is -0.385. The number of hydrogen-bond donors (Lipinski definition) is 2. The van der Waals surface area contributed by atoms with Gasteiger partial charge in [0.15, 0.2) is 0 Å². The first-order valence-electron chi connectivity index (χ1n) is 6.45. The highest BCUT2D eigenvalue weighted by Crippen LogP contribution is 2.28. The molecule has 8 heteroatoms. The molecule has 1 unspecified atom stereocenters. The predicted molar refractivity (Wildman–Crippen MR) is 85.2 cm³/mol. The molecule has 1 aromatic carbocycles. The Labute approximate surface area is 134 Å². The van der Waals surface area contributed by atoms with Crippen molar-refractivity contribution in [1.29, 1.82) is 0 Å². The maximum absolute atomic E-state index is 12.1. The molecule has 0 aliphatic carbocycles. The van der Waals surface area contributed by atoms with Crippen LogP contribution in [-0.2, 0) is 0 Å². The van der Waals surface area contributed by atoms with Crippen LogP contribution in [0.2, 0.25) is 5.02 Å². The zero-order chi connectivity index (χ0) is 15.1. The molecule has 0 fully saturated rings. The van der Waals surface area contributed by atoms with Gasteiger partial charge in [0.1, 0.15) is 10.6 Å². The number of nitrogens with two attached hydrogens (primary N) is 1. The number of para-hydroxylation sites is 1. The number of amides is 1. The van der Waals surface area contributed by atoms with Crippen LogP contribution in [-0.4, -0.2) is 23.4 Å². The minimum atomic E-state index is -0.652. The molecule has 0 aromatic heterocycles. The summed E-state index contributed by atoms with van der Waals surface area (Å²) < 4.78 is 0.